The summed E-state index contributed by atoms with van der Waals surface area (Å²) in [5.74, 6) is 2.21. The summed E-state index contributed by atoms with van der Waals surface area (Å²) in [6, 6.07) is 0.727. The molecule has 3 rings (SSSR count). The number of rotatable bonds is 1. The van der Waals surface area contributed by atoms with Crippen LogP contribution < -0.4 is 5.32 Å². The van der Waals surface area contributed by atoms with Crippen LogP contribution in [0.25, 0.3) is 0 Å². The molecule has 0 radical (unpaired) electrons. The lowest BCUT2D eigenvalue weighted by atomic mass is 9.85. The van der Waals surface area contributed by atoms with Gasteiger partial charge in [-0.25, -0.2) is 0 Å². The number of carbonyl (C=O) groups is 1. The zero-order valence-corrected chi connectivity index (χ0v) is 13.7. The first-order valence-corrected chi connectivity index (χ1v) is 9.22. The maximum absolute atomic E-state index is 12.8. The van der Waals surface area contributed by atoms with Crippen LogP contribution in [-0.4, -0.2) is 46.5 Å². The second-order valence-electron chi connectivity index (χ2n) is 7.29. The summed E-state index contributed by atoms with van der Waals surface area (Å²) < 4.78 is 0.326. The average Bonchev–Trinajstić information content (AvgIpc) is 2.77. The van der Waals surface area contributed by atoms with Crippen molar-refractivity contribution in [2.75, 3.05) is 18.8 Å². The lowest BCUT2D eigenvalue weighted by molar-refractivity contribution is -0.133. The molecule has 0 bridgehead atoms. The molecular formula is C16H28N2OS. The van der Waals surface area contributed by atoms with E-state index in [0.29, 0.717) is 16.7 Å². The van der Waals surface area contributed by atoms with Crippen molar-refractivity contribution in [2.24, 2.45) is 5.92 Å². The molecule has 3 nitrogen and oxygen atoms in total. The third-order valence-corrected chi connectivity index (χ3v) is 6.68. The van der Waals surface area contributed by atoms with Gasteiger partial charge in [-0.1, -0.05) is 26.7 Å². The van der Waals surface area contributed by atoms with E-state index >= 15 is 0 Å². The van der Waals surface area contributed by atoms with E-state index in [9.17, 15) is 4.79 Å². The predicted octanol–water partition coefficient (Wildman–Crippen LogP) is 2.65. The molecule has 20 heavy (non-hydrogen) atoms. The molecule has 0 aromatic heterocycles. The maximum Gasteiger partial charge on any atom is 0.239 e. The first-order chi connectivity index (χ1) is 9.55. The summed E-state index contributed by atoms with van der Waals surface area (Å²) in [6.45, 7) is 6.47. The summed E-state index contributed by atoms with van der Waals surface area (Å²) in [5.41, 5.74) is 0. The Morgan fingerprint density at radius 1 is 1.25 bits per heavy atom. The van der Waals surface area contributed by atoms with Gasteiger partial charge in [0, 0.05) is 29.6 Å². The number of nitrogens with zero attached hydrogens (tertiary/aromatic N) is 1. The van der Waals surface area contributed by atoms with Gasteiger partial charge in [-0.15, -0.1) is 0 Å². The Morgan fingerprint density at radius 3 is 2.85 bits per heavy atom. The van der Waals surface area contributed by atoms with E-state index in [1.54, 1.807) is 0 Å². The summed E-state index contributed by atoms with van der Waals surface area (Å²) in [7, 11) is 0. The monoisotopic (exact) mass is 296 g/mol. The average molecular weight is 296 g/mol. The zero-order valence-electron chi connectivity index (χ0n) is 12.9. The van der Waals surface area contributed by atoms with Gasteiger partial charge in [0.15, 0.2) is 0 Å². The highest BCUT2D eigenvalue weighted by Crippen LogP contribution is 2.35. The van der Waals surface area contributed by atoms with E-state index in [0.717, 1.165) is 37.6 Å². The number of nitrogens with one attached hydrogen (secondary N) is 1. The van der Waals surface area contributed by atoms with Crippen molar-refractivity contribution in [2.45, 2.75) is 69.2 Å². The minimum atomic E-state index is 0.106. The van der Waals surface area contributed by atoms with Gasteiger partial charge in [-0.2, -0.15) is 11.8 Å². The van der Waals surface area contributed by atoms with Crippen molar-refractivity contribution in [3.05, 3.63) is 0 Å². The molecule has 3 aliphatic rings. The number of thioether (sulfide) groups is 1. The number of amides is 1. The molecule has 3 unspecified atom stereocenters. The summed E-state index contributed by atoms with van der Waals surface area (Å²) >= 11 is 2.01. The summed E-state index contributed by atoms with van der Waals surface area (Å²) in [5, 5.41) is 3.63. The maximum atomic E-state index is 12.8. The van der Waals surface area contributed by atoms with Crippen LogP contribution in [0.3, 0.4) is 0 Å². The molecule has 1 amide bonds. The van der Waals surface area contributed by atoms with E-state index in [4.69, 9.17) is 0 Å². The van der Waals surface area contributed by atoms with E-state index in [-0.39, 0.29) is 6.04 Å². The zero-order chi connectivity index (χ0) is 14.2. The molecule has 3 fully saturated rings. The normalized spacial score (nSPS) is 37.3. The van der Waals surface area contributed by atoms with Gasteiger partial charge in [0.2, 0.25) is 5.91 Å². The van der Waals surface area contributed by atoms with Gasteiger partial charge in [-0.3, -0.25) is 4.79 Å². The Bertz CT molecular complexity index is 353. The smallest absolute Gasteiger partial charge is 0.239 e. The molecule has 1 saturated carbocycles. The lowest BCUT2D eigenvalue weighted by Crippen LogP contribution is -2.46. The molecule has 3 atom stereocenters. The van der Waals surface area contributed by atoms with Crippen LogP contribution in [0.5, 0.6) is 0 Å². The molecule has 1 N–H and O–H groups in total. The van der Waals surface area contributed by atoms with Crippen LogP contribution in [0, 0.1) is 5.92 Å². The van der Waals surface area contributed by atoms with Crippen LogP contribution in [-0.2, 0) is 4.79 Å². The third-order valence-electron chi connectivity index (χ3n) is 5.31. The first-order valence-electron chi connectivity index (χ1n) is 8.24. The van der Waals surface area contributed by atoms with E-state index in [2.05, 4.69) is 24.1 Å². The molecule has 2 saturated heterocycles. The van der Waals surface area contributed by atoms with Crippen molar-refractivity contribution < 1.29 is 4.79 Å². The largest absolute Gasteiger partial charge is 0.340 e. The van der Waals surface area contributed by atoms with Crippen LogP contribution in [0.15, 0.2) is 0 Å². The van der Waals surface area contributed by atoms with E-state index in [1.165, 1.54) is 25.7 Å². The second-order valence-corrected chi connectivity index (χ2v) is 9.09. The molecule has 0 aromatic rings. The number of hydrogen-bond donors (Lipinski definition) is 1. The summed E-state index contributed by atoms with van der Waals surface area (Å²) in [6.07, 6.45) is 7.49. The fourth-order valence-electron chi connectivity index (χ4n) is 3.97. The highest BCUT2D eigenvalue weighted by atomic mass is 32.2. The Morgan fingerprint density at radius 2 is 2.05 bits per heavy atom. The minimum absolute atomic E-state index is 0.106. The molecule has 4 heteroatoms. The summed E-state index contributed by atoms with van der Waals surface area (Å²) in [4.78, 5) is 14.9. The molecular weight excluding hydrogens is 268 g/mol. The van der Waals surface area contributed by atoms with E-state index < -0.39 is 0 Å². The van der Waals surface area contributed by atoms with Crippen LogP contribution >= 0.6 is 11.8 Å². The molecule has 0 spiro atoms. The van der Waals surface area contributed by atoms with Gasteiger partial charge in [-0.05, 0) is 31.6 Å². The first kappa shape index (κ1) is 14.7. The predicted molar refractivity (Wildman–Crippen MR) is 85.0 cm³/mol. The third kappa shape index (κ3) is 3.16. The molecule has 2 aliphatic heterocycles. The number of carbonyl (C=O) groups excluding carboxylic acids is 1. The second kappa shape index (κ2) is 5.88. The fraction of sp³-hybridized carbons (Fsp3) is 0.938. The quantitative estimate of drug-likeness (QED) is 0.807. The standard InChI is InChI=1S/C16H28N2OS/c1-16(2)7-8-18(9-10-20-16)15(19)14-11-12-5-3-4-6-13(12)17-14/h12-14,17H,3-11H2,1-2H3. The fourth-order valence-corrected chi connectivity index (χ4v) is 5.07. The minimum Gasteiger partial charge on any atom is -0.340 e. The highest BCUT2D eigenvalue weighted by molar-refractivity contribution is 8.00. The number of hydrogen-bond acceptors (Lipinski definition) is 3. The van der Waals surface area contributed by atoms with Crippen molar-refractivity contribution in [1.29, 1.82) is 0 Å². The van der Waals surface area contributed by atoms with Crippen LogP contribution in [0.1, 0.15) is 52.4 Å². The molecule has 114 valence electrons. The van der Waals surface area contributed by atoms with Crippen molar-refractivity contribution in [3.63, 3.8) is 0 Å². The molecule has 2 heterocycles. The Kier molecular flexibility index (Phi) is 4.32. The van der Waals surface area contributed by atoms with Crippen LogP contribution in [0.4, 0.5) is 0 Å². The molecule has 0 aromatic carbocycles. The van der Waals surface area contributed by atoms with Crippen molar-refractivity contribution >= 4 is 17.7 Å². The SMILES string of the molecule is CC1(C)CCN(C(=O)C2CC3CCCCC3N2)CCS1. The van der Waals surface area contributed by atoms with Gasteiger partial charge >= 0.3 is 0 Å². The lowest BCUT2D eigenvalue weighted by Gasteiger charge is -2.25. The van der Waals surface area contributed by atoms with Gasteiger partial charge in [0.1, 0.15) is 0 Å². The molecule has 1 aliphatic carbocycles. The Labute approximate surface area is 127 Å². The Hall–Kier alpha value is -0.220. The van der Waals surface area contributed by atoms with Gasteiger partial charge in [0.25, 0.3) is 0 Å². The number of fused-ring (bicyclic) bond motifs is 1. The van der Waals surface area contributed by atoms with Crippen molar-refractivity contribution in [1.82, 2.24) is 10.2 Å². The van der Waals surface area contributed by atoms with E-state index in [1.807, 2.05) is 11.8 Å². The van der Waals surface area contributed by atoms with Crippen molar-refractivity contribution in [3.8, 4) is 0 Å². The topological polar surface area (TPSA) is 32.3 Å². The van der Waals surface area contributed by atoms with Gasteiger partial charge < -0.3 is 10.2 Å². The highest BCUT2D eigenvalue weighted by Gasteiger charge is 2.40. The van der Waals surface area contributed by atoms with Gasteiger partial charge in [0.05, 0.1) is 6.04 Å². The van der Waals surface area contributed by atoms with Crippen LogP contribution in [0.2, 0.25) is 0 Å². The Balaban J connectivity index is 1.59.